The number of hydrogen-bond acceptors (Lipinski definition) is 2. The summed E-state index contributed by atoms with van der Waals surface area (Å²) in [5.41, 5.74) is 1.70. The second-order valence-electron chi connectivity index (χ2n) is 7.66. The molecular weight excluding hydrogens is 377 g/mol. The highest BCUT2D eigenvalue weighted by atomic mass is 19.1. The van der Waals surface area contributed by atoms with Crippen LogP contribution in [0.15, 0.2) is 48.7 Å². The lowest BCUT2D eigenvalue weighted by Crippen LogP contribution is -2.20. The molecule has 29 heavy (non-hydrogen) atoms. The first kappa shape index (κ1) is 19.4. The number of carbonyl (C=O) groups is 1. The Morgan fingerprint density at radius 2 is 1.69 bits per heavy atom. The molecule has 1 amide bonds. The topological polar surface area (TPSA) is 42.0 Å². The summed E-state index contributed by atoms with van der Waals surface area (Å²) in [5.74, 6) is -1.22. The number of halogens is 3. The summed E-state index contributed by atoms with van der Waals surface area (Å²) in [6, 6.07) is 9.75. The van der Waals surface area contributed by atoms with Crippen LogP contribution in [0.5, 0.6) is 0 Å². The first-order chi connectivity index (χ1) is 14.0. The van der Waals surface area contributed by atoms with Gasteiger partial charge < -0.3 is 5.32 Å². The molecule has 2 aromatic carbocycles. The highest BCUT2D eigenvalue weighted by Gasteiger charge is 2.26. The lowest BCUT2D eigenvalue weighted by atomic mass is 9.77. The Morgan fingerprint density at radius 1 is 0.966 bits per heavy atom. The first-order valence-corrected chi connectivity index (χ1v) is 9.78. The van der Waals surface area contributed by atoms with Crippen LogP contribution in [-0.2, 0) is 4.79 Å². The van der Waals surface area contributed by atoms with Crippen LogP contribution >= 0.6 is 0 Å². The minimum Gasteiger partial charge on any atom is -0.326 e. The number of anilines is 1. The van der Waals surface area contributed by atoms with Crippen LogP contribution in [0.2, 0.25) is 0 Å². The SMILES string of the molecule is O=C(C[C@H]1CC[C@@H](c2ccnc3c(F)cc(F)cc32)CC1)Nc1ccc(F)cc1. The van der Waals surface area contributed by atoms with Crippen molar-refractivity contribution < 1.29 is 18.0 Å². The number of pyridine rings is 1. The molecule has 1 N–H and O–H groups in total. The Morgan fingerprint density at radius 3 is 2.41 bits per heavy atom. The molecule has 6 heteroatoms. The van der Waals surface area contributed by atoms with E-state index in [9.17, 15) is 18.0 Å². The minimum atomic E-state index is -0.645. The molecule has 0 bridgehead atoms. The van der Waals surface area contributed by atoms with E-state index in [-0.39, 0.29) is 29.1 Å². The fourth-order valence-corrected chi connectivity index (χ4v) is 4.24. The maximum Gasteiger partial charge on any atom is 0.224 e. The molecule has 1 saturated carbocycles. The molecule has 1 aliphatic rings. The molecule has 0 aliphatic heterocycles. The van der Waals surface area contributed by atoms with E-state index >= 15 is 0 Å². The molecule has 150 valence electrons. The van der Waals surface area contributed by atoms with Gasteiger partial charge in [0.25, 0.3) is 0 Å². The predicted molar refractivity (Wildman–Crippen MR) is 106 cm³/mol. The van der Waals surface area contributed by atoms with Crippen molar-refractivity contribution in [1.82, 2.24) is 4.98 Å². The smallest absolute Gasteiger partial charge is 0.224 e. The van der Waals surface area contributed by atoms with Gasteiger partial charge in [-0.05, 0) is 79.5 Å². The molecule has 0 unspecified atom stereocenters. The fourth-order valence-electron chi connectivity index (χ4n) is 4.24. The van der Waals surface area contributed by atoms with E-state index in [1.54, 1.807) is 6.20 Å². The maximum atomic E-state index is 14.0. The van der Waals surface area contributed by atoms with E-state index in [0.29, 0.717) is 17.5 Å². The van der Waals surface area contributed by atoms with Gasteiger partial charge in [0.05, 0.1) is 0 Å². The molecule has 4 rings (SSSR count). The van der Waals surface area contributed by atoms with Crippen LogP contribution in [0.3, 0.4) is 0 Å². The van der Waals surface area contributed by atoms with Gasteiger partial charge in [-0.25, -0.2) is 13.2 Å². The van der Waals surface area contributed by atoms with E-state index in [1.807, 2.05) is 6.07 Å². The number of fused-ring (bicyclic) bond motifs is 1. The summed E-state index contributed by atoms with van der Waals surface area (Å²) in [4.78, 5) is 16.3. The molecule has 3 aromatic rings. The van der Waals surface area contributed by atoms with Gasteiger partial charge >= 0.3 is 0 Å². The van der Waals surface area contributed by atoms with Crippen LogP contribution in [0, 0.1) is 23.4 Å². The maximum absolute atomic E-state index is 14.0. The molecule has 1 fully saturated rings. The van der Waals surface area contributed by atoms with Crippen LogP contribution in [-0.4, -0.2) is 10.9 Å². The molecular formula is C23H21F3N2O. The quantitative estimate of drug-likeness (QED) is 0.590. The van der Waals surface area contributed by atoms with Gasteiger partial charge in [0.2, 0.25) is 5.91 Å². The number of carbonyl (C=O) groups excluding carboxylic acids is 1. The Hall–Kier alpha value is -2.89. The third kappa shape index (κ3) is 4.42. The predicted octanol–water partition coefficient (Wildman–Crippen LogP) is 5.95. The van der Waals surface area contributed by atoms with Gasteiger partial charge in [-0.3, -0.25) is 9.78 Å². The summed E-state index contributed by atoms with van der Waals surface area (Å²) in [6.07, 6.45) is 5.41. The largest absolute Gasteiger partial charge is 0.326 e. The van der Waals surface area contributed by atoms with Gasteiger partial charge in [0.1, 0.15) is 17.2 Å². The van der Waals surface area contributed by atoms with Gasteiger partial charge in [-0.15, -0.1) is 0 Å². The third-order valence-corrected chi connectivity index (χ3v) is 5.69. The molecule has 1 aromatic heterocycles. The van der Waals surface area contributed by atoms with Crippen LogP contribution in [0.4, 0.5) is 18.9 Å². The van der Waals surface area contributed by atoms with Crippen LogP contribution in [0.1, 0.15) is 43.6 Å². The van der Waals surface area contributed by atoms with E-state index < -0.39 is 11.6 Å². The van der Waals surface area contributed by atoms with Crippen molar-refractivity contribution >= 4 is 22.5 Å². The van der Waals surface area contributed by atoms with Crippen molar-refractivity contribution in [3.05, 3.63) is 71.7 Å². The summed E-state index contributed by atoms with van der Waals surface area (Å²) < 4.78 is 40.7. The zero-order chi connectivity index (χ0) is 20.4. The summed E-state index contributed by atoms with van der Waals surface area (Å²) in [6.45, 7) is 0. The van der Waals surface area contributed by atoms with Crippen LogP contribution in [0.25, 0.3) is 10.9 Å². The van der Waals surface area contributed by atoms with Gasteiger partial charge in [-0.1, -0.05) is 0 Å². The summed E-state index contributed by atoms with van der Waals surface area (Å²) >= 11 is 0. The highest BCUT2D eigenvalue weighted by Crippen LogP contribution is 2.39. The number of aromatic nitrogens is 1. The third-order valence-electron chi connectivity index (χ3n) is 5.69. The Labute approximate surface area is 167 Å². The van der Waals surface area contributed by atoms with Gasteiger partial charge in [0, 0.05) is 29.8 Å². The van der Waals surface area contributed by atoms with Gasteiger partial charge in [-0.2, -0.15) is 0 Å². The first-order valence-electron chi connectivity index (χ1n) is 9.78. The minimum absolute atomic E-state index is 0.0847. The number of hydrogen-bond donors (Lipinski definition) is 1. The van der Waals surface area contributed by atoms with Crippen molar-refractivity contribution in [2.24, 2.45) is 5.92 Å². The Kier molecular flexibility index (Phi) is 5.51. The normalized spacial score (nSPS) is 19.3. The number of amides is 1. The van der Waals surface area contributed by atoms with Gasteiger partial charge in [0.15, 0.2) is 5.82 Å². The van der Waals surface area contributed by atoms with E-state index in [4.69, 9.17) is 0 Å². The van der Waals surface area contributed by atoms with Crippen molar-refractivity contribution in [3.63, 3.8) is 0 Å². The van der Waals surface area contributed by atoms with Crippen molar-refractivity contribution in [2.75, 3.05) is 5.32 Å². The average Bonchev–Trinajstić information content (AvgIpc) is 2.70. The zero-order valence-corrected chi connectivity index (χ0v) is 15.8. The molecule has 0 radical (unpaired) electrons. The lowest BCUT2D eigenvalue weighted by Gasteiger charge is -2.29. The summed E-state index contributed by atoms with van der Waals surface area (Å²) in [5, 5.41) is 3.33. The second kappa shape index (κ2) is 8.23. The average molecular weight is 398 g/mol. The van der Waals surface area contributed by atoms with E-state index in [1.165, 1.54) is 30.3 Å². The van der Waals surface area contributed by atoms with Crippen molar-refractivity contribution in [2.45, 2.75) is 38.0 Å². The van der Waals surface area contributed by atoms with Crippen molar-refractivity contribution in [1.29, 1.82) is 0 Å². The molecule has 0 saturated heterocycles. The number of nitrogens with one attached hydrogen (secondary N) is 1. The van der Waals surface area contributed by atoms with E-state index in [2.05, 4.69) is 10.3 Å². The number of nitrogens with zero attached hydrogens (tertiary/aromatic N) is 1. The van der Waals surface area contributed by atoms with E-state index in [0.717, 1.165) is 37.3 Å². The zero-order valence-electron chi connectivity index (χ0n) is 15.8. The Bertz CT molecular complexity index is 1030. The van der Waals surface area contributed by atoms with Crippen LogP contribution < -0.4 is 5.32 Å². The van der Waals surface area contributed by atoms with Crippen molar-refractivity contribution in [3.8, 4) is 0 Å². The summed E-state index contributed by atoms with van der Waals surface area (Å²) in [7, 11) is 0. The lowest BCUT2D eigenvalue weighted by molar-refractivity contribution is -0.117. The fraction of sp³-hybridized carbons (Fsp3) is 0.304. The second-order valence-corrected chi connectivity index (χ2v) is 7.66. The Balaban J connectivity index is 1.39. The molecule has 0 spiro atoms. The standard InChI is InChI=1S/C23H21F3N2O/c24-16-5-7-18(8-6-16)28-22(29)11-14-1-3-15(4-2-14)19-9-10-27-23-20(19)12-17(25)13-21(23)26/h5-10,12-15H,1-4,11H2,(H,28,29)/t14-,15+. The molecule has 1 heterocycles. The number of rotatable bonds is 4. The molecule has 3 nitrogen and oxygen atoms in total. The molecule has 0 atom stereocenters. The monoisotopic (exact) mass is 398 g/mol. The molecule has 1 aliphatic carbocycles. The highest BCUT2D eigenvalue weighted by molar-refractivity contribution is 5.90. The number of benzene rings is 2.